The number of ether oxygens (including phenoxy) is 2. The van der Waals surface area contributed by atoms with Crippen molar-refractivity contribution in [3.63, 3.8) is 0 Å². The van der Waals surface area contributed by atoms with Gasteiger partial charge in [-0.1, -0.05) is 0 Å². The minimum atomic E-state index is -0.452. The maximum Gasteiger partial charge on any atom is 0.344 e. The molecule has 0 saturated heterocycles. The monoisotopic (exact) mass is 259 g/mol. The van der Waals surface area contributed by atoms with Crippen LogP contribution in [0.15, 0.2) is 0 Å². The van der Waals surface area contributed by atoms with Gasteiger partial charge in [-0.25, -0.2) is 4.79 Å². The summed E-state index contributed by atoms with van der Waals surface area (Å²) in [4.78, 5) is 11.7. The standard InChI is InChI=1S/C10H17N3O3S/c1-4-16-10(14)7-8(11)13-17-9(7)12-5-6(2)15-3/h6,12H,4-5H2,1-3H3,(H2,11,13). The maximum absolute atomic E-state index is 11.7. The summed E-state index contributed by atoms with van der Waals surface area (Å²) in [5, 5.41) is 3.69. The molecule has 0 fully saturated rings. The molecule has 7 heteroatoms. The Labute approximate surface area is 104 Å². The van der Waals surface area contributed by atoms with Gasteiger partial charge in [0.2, 0.25) is 0 Å². The van der Waals surface area contributed by atoms with Crippen molar-refractivity contribution in [1.29, 1.82) is 0 Å². The molecule has 6 nitrogen and oxygen atoms in total. The Morgan fingerprint density at radius 2 is 2.35 bits per heavy atom. The second-order valence-electron chi connectivity index (χ2n) is 3.42. The van der Waals surface area contributed by atoms with Gasteiger partial charge >= 0.3 is 5.97 Å². The van der Waals surface area contributed by atoms with Crippen LogP contribution in [0.4, 0.5) is 10.8 Å². The van der Waals surface area contributed by atoms with Crippen molar-refractivity contribution in [3.05, 3.63) is 5.56 Å². The average molecular weight is 259 g/mol. The highest BCUT2D eigenvalue weighted by molar-refractivity contribution is 7.11. The van der Waals surface area contributed by atoms with Crippen LogP contribution in [0.2, 0.25) is 0 Å². The number of nitrogen functional groups attached to an aromatic ring is 1. The zero-order valence-corrected chi connectivity index (χ0v) is 11.0. The van der Waals surface area contributed by atoms with Gasteiger partial charge in [-0.2, -0.15) is 4.37 Å². The van der Waals surface area contributed by atoms with Crippen molar-refractivity contribution in [2.75, 3.05) is 31.3 Å². The number of nitrogens with zero attached hydrogens (tertiary/aromatic N) is 1. The Morgan fingerprint density at radius 3 is 2.94 bits per heavy atom. The number of aromatic nitrogens is 1. The van der Waals surface area contributed by atoms with E-state index in [0.717, 1.165) is 11.5 Å². The molecule has 1 aromatic rings. The molecule has 0 amide bonds. The van der Waals surface area contributed by atoms with Gasteiger partial charge in [0.15, 0.2) is 5.82 Å². The number of hydrogen-bond donors (Lipinski definition) is 2. The summed E-state index contributed by atoms with van der Waals surface area (Å²) in [7, 11) is 1.62. The number of methoxy groups -OCH3 is 1. The van der Waals surface area contributed by atoms with Gasteiger partial charge in [0.1, 0.15) is 10.6 Å². The molecule has 0 saturated carbocycles. The largest absolute Gasteiger partial charge is 0.462 e. The highest BCUT2D eigenvalue weighted by Crippen LogP contribution is 2.27. The van der Waals surface area contributed by atoms with Crippen LogP contribution in [0.25, 0.3) is 0 Å². The predicted octanol–water partition coefficient (Wildman–Crippen LogP) is 1.35. The van der Waals surface area contributed by atoms with Gasteiger partial charge in [-0.3, -0.25) is 0 Å². The van der Waals surface area contributed by atoms with E-state index >= 15 is 0 Å². The van der Waals surface area contributed by atoms with Crippen LogP contribution >= 0.6 is 11.5 Å². The van der Waals surface area contributed by atoms with E-state index < -0.39 is 5.97 Å². The first kappa shape index (κ1) is 13.7. The van der Waals surface area contributed by atoms with E-state index in [1.807, 2.05) is 6.92 Å². The van der Waals surface area contributed by atoms with Crippen LogP contribution in [-0.4, -0.2) is 36.7 Å². The summed E-state index contributed by atoms with van der Waals surface area (Å²) >= 11 is 1.14. The van der Waals surface area contributed by atoms with Crippen LogP contribution in [0.1, 0.15) is 24.2 Å². The number of anilines is 2. The Balaban J connectivity index is 2.75. The van der Waals surface area contributed by atoms with Gasteiger partial charge in [-0.05, 0) is 25.4 Å². The number of nitrogens with one attached hydrogen (secondary N) is 1. The molecule has 0 aromatic carbocycles. The van der Waals surface area contributed by atoms with Crippen LogP contribution in [0.5, 0.6) is 0 Å². The summed E-state index contributed by atoms with van der Waals surface area (Å²) in [6.07, 6.45) is 0.0355. The predicted molar refractivity (Wildman–Crippen MR) is 67.4 cm³/mol. The average Bonchev–Trinajstić information content (AvgIpc) is 2.67. The summed E-state index contributed by atoms with van der Waals surface area (Å²) in [5.74, 6) is -0.257. The van der Waals surface area contributed by atoms with Gasteiger partial charge in [0.25, 0.3) is 0 Å². The Kier molecular flexibility index (Phi) is 5.17. The number of rotatable bonds is 6. The molecule has 0 bridgehead atoms. The number of hydrogen-bond acceptors (Lipinski definition) is 7. The molecule has 0 aliphatic carbocycles. The van der Waals surface area contributed by atoms with Crippen LogP contribution in [-0.2, 0) is 9.47 Å². The van der Waals surface area contributed by atoms with Crippen molar-refractivity contribution < 1.29 is 14.3 Å². The van der Waals surface area contributed by atoms with E-state index in [4.69, 9.17) is 15.2 Å². The van der Waals surface area contributed by atoms with E-state index in [2.05, 4.69) is 9.69 Å². The smallest absolute Gasteiger partial charge is 0.344 e. The van der Waals surface area contributed by atoms with Gasteiger partial charge in [-0.15, -0.1) is 0 Å². The number of nitrogens with two attached hydrogens (primary N) is 1. The molecule has 0 aliphatic rings. The van der Waals surface area contributed by atoms with Gasteiger partial charge in [0, 0.05) is 13.7 Å². The Morgan fingerprint density at radius 1 is 1.65 bits per heavy atom. The lowest BCUT2D eigenvalue weighted by Crippen LogP contribution is -2.19. The second-order valence-corrected chi connectivity index (χ2v) is 4.19. The molecule has 1 rings (SSSR count). The van der Waals surface area contributed by atoms with E-state index in [1.165, 1.54) is 0 Å². The fourth-order valence-corrected chi connectivity index (χ4v) is 1.85. The van der Waals surface area contributed by atoms with Crippen molar-refractivity contribution in [3.8, 4) is 0 Å². The molecule has 1 unspecified atom stereocenters. The first-order valence-electron chi connectivity index (χ1n) is 5.29. The first-order valence-corrected chi connectivity index (χ1v) is 6.06. The van der Waals surface area contributed by atoms with E-state index in [-0.39, 0.29) is 11.9 Å². The molecule has 0 radical (unpaired) electrons. The first-order chi connectivity index (χ1) is 8.10. The van der Waals surface area contributed by atoms with Gasteiger partial charge < -0.3 is 20.5 Å². The van der Waals surface area contributed by atoms with E-state index in [0.29, 0.717) is 23.7 Å². The minimum absolute atomic E-state index is 0.0355. The van der Waals surface area contributed by atoms with Crippen LogP contribution < -0.4 is 11.1 Å². The zero-order valence-electron chi connectivity index (χ0n) is 10.1. The minimum Gasteiger partial charge on any atom is -0.462 e. The zero-order chi connectivity index (χ0) is 12.8. The molecule has 3 N–H and O–H groups in total. The van der Waals surface area contributed by atoms with Crippen LogP contribution in [0, 0.1) is 0 Å². The molecule has 1 aromatic heterocycles. The molecule has 17 heavy (non-hydrogen) atoms. The van der Waals surface area contributed by atoms with Crippen molar-refractivity contribution >= 4 is 28.3 Å². The third-order valence-electron chi connectivity index (χ3n) is 2.15. The van der Waals surface area contributed by atoms with Crippen molar-refractivity contribution in [1.82, 2.24) is 4.37 Å². The third kappa shape index (κ3) is 3.57. The quantitative estimate of drug-likeness (QED) is 0.750. The molecular formula is C10H17N3O3S. The van der Waals surface area contributed by atoms with E-state index in [9.17, 15) is 4.79 Å². The summed E-state index contributed by atoms with van der Waals surface area (Å²) in [6, 6.07) is 0. The highest BCUT2D eigenvalue weighted by atomic mass is 32.1. The normalized spacial score (nSPS) is 12.2. The molecular weight excluding hydrogens is 242 g/mol. The Hall–Kier alpha value is -1.34. The molecule has 0 aliphatic heterocycles. The number of carbonyl (C=O) groups is 1. The second kappa shape index (κ2) is 6.41. The SMILES string of the molecule is CCOC(=O)c1c(N)nsc1NCC(C)OC. The third-order valence-corrected chi connectivity index (χ3v) is 2.97. The fraction of sp³-hybridized carbons (Fsp3) is 0.600. The topological polar surface area (TPSA) is 86.5 Å². The lowest BCUT2D eigenvalue weighted by molar-refractivity contribution is 0.0529. The fourth-order valence-electron chi connectivity index (χ4n) is 1.14. The summed E-state index contributed by atoms with van der Waals surface area (Å²) in [6.45, 7) is 4.54. The van der Waals surface area contributed by atoms with Crippen LogP contribution in [0.3, 0.4) is 0 Å². The molecule has 1 heterocycles. The Bertz CT molecular complexity index is 381. The van der Waals surface area contributed by atoms with Crippen molar-refractivity contribution in [2.24, 2.45) is 0 Å². The van der Waals surface area contributed by atoms with Crippen molar-refractivity contribution in [2.45, 2.75) is 20.0 Å². The number of carbonyl (C=O) groups excluding carboxylic acids is 1. The highest BCUT2D eigenvalue weighted by Gasteiger charge is 2.20. The van der Waals surface area contributed by atoms with Gasteiger partial charge in [0.05, 0.1) is 12.7 Å². The lowest BCUT2D eigenvalue weighted by Gasteiger charge is -2.11. The molecule has 96 valence electrons. The summed E-state index contributed by atoms with van der Waals surface area (Å²) in [5.41, 5.74) is 5.94. The maximum atomic E-state index is 11.7. The number of esters is 1. The molecule has 0 spiro atoms. The lowest BCUT2D eigenvalue weighted by atomic mass is 10.3. The summed E-state index contributed by atoms with van der Waals surface area (Å²) < 4.78 is 14.0. The van der Waals surface area contributed by atoms with E-state index in [1.54, 1.807) is 14.0 Å². The molecule has 1 atom stereocenters.